The molecule has 2 aromatic rings. The third-order valence-corrected chi connectivity index (χ3v) is 7.69. The zero-order chi connectivity index (χ0) is 26.1. The molecule has 0 unspecified atom stereocenters. The van der Waals surface area contributed by atoms with Gasteiger partial charge in [0.05, 0.1) is 11.0 Å². The van der Waals surface area contributed by atoms with Gasteiger partial charge in [-0.25, -0.2) is 12.8 Å². The number of sulfonamides is 1. The van der Waals surface area contributed by atoms with Gasteiger partial charge in [-0.3, -0.25) is 4.79 Å². The maximum absolute atomic E-state index is 14.1. The first-order valence-electron chi connectivity index (χ1n) is 11.8. The van der Waals surface area contributed by atoms with Crippen molar-refractivity contribution < 1.29 is 27.8 Å². The van der Waals surface area contributed by atoms with Crippen molar-refractivity contribution in [2.24, 2.45) is 0 Å². The number of halogens is 1. The van der Waals surface area contributed by atoms with E-state index in [9.17, 15) is 22.7 Å². The van der Waals surface area contributed by atoms with Crippen LogP contribution in [-0.4, -0.2) is 60.7 Å². The number of carboxylic acid groups (broad SMARTS) is 1. The Labute approximate surface area is 208 Å². The average Bonchev–Trinajstić information content (AvgIpc) is 2.78. The Bertz CT molecular complexity index is 1060. The van der Waals surface area contributed by atoms with E-state index in [0.29, 0.717) is 5.56 Å². The third kappa shape index (κ3) is 10.0. The van der Waals surface area contributed by atoms with Gasteiger partial charge >= 0.3 is 5.97 Å². The van der Waals surface area contributed by atoms with Crippen LogP contribution >= 0.6 is 0 Å². The Morgan fingerprint density at radius 2 is 1.74 bits per heavy atom. The summed E-state index contributed by atoms with van der Waals surface area (Å²) in [6.07, 6.45) is 2.31. The molecular weight excluding hydrogens is 471 g/mol. The predicted octanol–water partition coefficient (Wildman–Crippen LogP) is 3.61. The van der Waals surface area contributed by atoms with E-state index < -0.39 is 27.9 Å². The largest absolute Gasteiger partial charge is 0.481 e. The maximum atomic E-state index is 14.1. The Morgan fingerprint density at radius 1 is 1.09 bits per heavy atom. The highest BCUT2D eigenvalue weighted by atomic mass is 32.2. The highest BCUT2D eigenvalue weighted by Gasteiger charge is 2.25. The predicted molar refractivity (Wildman–Crippen MR) is 134 cm³/mol. The van der Waals surface area contributed by atoms with E-state index >= 15 is 0 Å². The molecule has 0 saturated carbocycles. The van der Waals surface area contributed by atoms with Gasteiger partial charge in [0.2, 0.25) is 10.0 Å². The second-order valence-corrected chi connectivity index (χ2v) is 11.6. The number of aryl methyl sites for hydroxylation is 2. The van der Waals surface area contributed by atoms with E-state index in [4.69, 9.17) is 5.11 Å². The van der Waals surface area contributed by atoms with Gasteiger partial charge in [0, 0.05) is 32.1 Å². The monoisotopic (exact) mass is 508 g/mol. The molecule has 0 fully saturated rings. The van der Waals surface area contributed by atoms with Crippen LogP contribution in [0.3, 0.4) is 0 Å². The second-order valence-electron chi connectivity index (χ2n) is 9.59. The van der Waals surface area contributed by atoms with Crippen molar-refractivity contribution in [2.75, 3.05) is 20.1 Å². The van der Waals surface area contributed by atoms with Gasteiger partial charge in [0.15, 0.2) is 0 Å². The molecule has 2 rings (SSSR count). The molecule has 0 heterocycles. The summed E-state index contributed by atoms with van der Waals surface area (Å²) in [5.41, 5.74) is 1.45. The van der Waals surface area contributed by atoms with E-state index in [0.717, 1.165) is 29.6 Å². The number of carbonyl (C=O) groups is 1. The number of hydrogen-bond acceptors (Lipinski definition) is 5. The van der Waals surface area contributed by atoms with Crippen molar-refractivity contribution >= 4 is 16.0 Å². The molecule has 194 valence electrons. The number of rotatable bonds is 15. The number of aliphatic hydroxyl groups is 1. The topological polar surface area (TPSA) is 107 Å². The highest BCUT2D eigenvalue weighted by molar-refractivity contribution is 7.89. The van der Waals surface area contributed by atoms with E-state index in [-0.39, 0.29) is 42.8 Å². The number of nitrogens with zero attached hydrogens (tertiary/aromatic N) is 1. The number of β-amino-alcohol motifs (C(OH)–C–C–N with tert-alkyl or cyclic N) is 1. The first kappa shape index (κ1) is 28.9. The molecule has 1 atom stereocenters. The standard InChI is InChI=1S/C26H37FN2O5S/c1-26(2,14-8-12-20-9-5-4-6-10-20)28-18-23(30)19-29(3)35(33,34)24-16-21(15-22(27)17-24)11-7-13-25(31)32/h4-6,9-10,15-17,23,28,30H,7-8,11-14,18-19H2,1-3H3,(H,31,32)/t23-/m1/s1. The van der Waals surface area contributed by atoms with Crippen LogP contribution in [0.4, 0.5) is 4.39 Å². The molecule has 0 aliphatic heterocycles. The van der Waals surface area contributed by atoms with Crippen molar-refractivity contribution in [3.05, 3.63) is 65.5 Å². The van der Waals surface area contributed by atoms with E-state index in [1.54, 1.807) is 0 Å². The number of nitrogens with one attached hydrogen (secondary N) is 1. The minimum Gasteiger partial charge on any atom is -0.481 e. The lowest BCUT2D eigenvalue weighted by atomic mass is 9.95. The van der Waals surface area contributed by atoms with Gasteiger partial charge in [0.25, 0.3) is 0 Å². The summed E-state index contributed by atoms with van der Waals surface area (Å²) in [5, 5.41) is 22.6. The molecule has 35 heavy (non-hydrogen) atoms. The fourth-order valence-corrected chi connectivity index (χ4v) is 5.15. The summed E-state index contributed by atoms with van der Waals surface area (Å²) in [6.45, 7) is 4.15. The Kier molecular flexibility index (Phi) is 10.8. The number of aliphatic carboxylic acids is 1. The van der Waals surface area contributed by atoms with Crippen molar-refractivity contribution in [1.29, 1.82) is 0 Å². The molecule has 0 aliphatic carbocycles. The van der Waals surface area contributed by atoms with Crippen LogP contribution in [0.25, 0.3) is 0 Å². The molecule has 0 radical (unpaired) electrons. The zero-order valence-electron chi connectivity index (χ0n) is 20.7. The van der Waals surface area contributed by atoms with Crippen LogP contribution < -0.4 is 5.32 Å². The summed E-state index contributed by atoms with van der Waals surface area (Å²) in [6, 6.07) is 13.7. The van der Waals surface area contributed by atoms with Gasteiger partial charge in [-0.1, -0.05) is 30.3 Å². The lowest BCUT2D eigenvalue weighted by Gasteiger charge is -2.29. The van der Waals surface area contributed by atoms with Crippen LogP contribution in [0.2, 0.25) is 0 Å². The quantitative estimate of drug-likeness (QED) is 0.339. The Balaban J connectivity index is 1.89. The highest BCUT2D eigenvalue weighted by Crippen LogP contribution is 2.20. The summed E-state index contributed by atoms with van der Waals surface area (Å²) < 4.78 is 41.0. The SMILES string of the molecule is CN(C[C@H](O)CNC(C)(C)CCCc1ccccc1)S(=O)(=O)c1cc(F)cc(CCCC(=O)O)c1. The molecule has 0 saturated heterocycles. The molecule has 0 aliphatic rings. The van der Waals surface area contributed by atoms with Gasteiger partial charge < -0.3 is 15.5 Å². The number of carboxylic acids is 1. The van der Waals surface area contributed by atoms with Crippen LogP contribution in [0.15, 0.2) is 53.4 Å². The van der Waals surface area contributed by atoms with Crippen LogP contribution in [-0.2, 0) is 27.7 Å². The van der Waals surface area contributed by atoms with Crippen molar-refractivity contribution in [2.45, 2.75) is 68.9 Å². The minimum atomic E-state index is -4.03. The number of aliphatic hydroxyl groups excluding tert-OH is 1. The first-order valence-corrected chi connectivity index (χ1v) is 13.3. The second kappa shape index (κ2) is 13.1. The summed E-state index contributed by atoms with van der Waals surface area (Å²) in [7, 11) is -2.68. The van der Waals surface area contributed by atoms with E-state index in [2.05, 4.69) is 17.4 Å². The fourth-order valence-electron chi connectivity index (χ4n) is 3.86. The molecule has 0 spiro atoms. The van der Waals surface area contributed by atoms with Crippen molar-refractivity contribution in [3.63, 3.8) is 0 Å². The van der Waals surface area contributed by atoms with E-state index in [1.807, 2.05) is 32.0 Å². The molecular formula is C26H37FN2O5S. The fraction of sp³-hybridized carbons (Fsp3) is 0.500. The summed E-state index contributed by atoms with van der Waals surface area (Å²) >= 11 is 0. The normalized spacial score (nSPS) is 13.2. The molecule has 0 amide bonds. The van der Waals surface area contributed by atoms with E-state index in [1.165, 1.54) is 24.7 Å². The summed E-state index contributed by atoms with van der Waals surface area (Å²) in [4.78, 5) is 10.5. The van der Waals surface area contributed by atoms with Gasteiger partial charge in [-0.2, -0.15) is 4.31 Å². The van der Waals surface area contributed by atoms with Crippen molar-refractivity contribution in [1.82, 2.24) is 9.62 Å². The molecule has 0 bridgehead atoms. The minimum absolute atomic E-state index is 0.0830. The zero-order valence-corrected chi connectivity index (χ0v) is 21.5. The Morgan fingerprint density at radius 3 is 2.40 bits per heavy atom. The first-order chi connectivity index (χ1) is 16.4. The Hall–Kier alpha value is -2.33. The molecule has 9 heteroatoms. The summed E-state index contributed by atoms with van der Waals surface area (Å²) in [5.74, 6) is -1.67. The van der Waals surface area contributed by atoms with Crippen LogP contribution in [0.1, 0.15) is 50.7 Å². The van der Waals surface area contributed by atoms with Gasteiger partial charge in [0.1, 0.15) is 5.82 Å². The van der Waals surface area contributed by atoms with Crippen molar-refractivity contribution in [3.8, 4) is 0 Å². The smallest absolute Gasteiger partial charge is 0.303 e. The van der Waals surface area contributed by atoms with Crippen LogP contribution in [0.5, 0.6) is 0 Å². The third-order valence-electron chi connectivity index (χ3n) is 5.89. The van der Waals surface area contributed by atoms with Gasteiger partial charge in [-0.05, 0) is 75.3 Å². The lowest BCUT2D eigenvalue weighted by molar-refractivity contribution is -0.137. The lowest BCUT2D eigenvalue weighted by Crippen LogP contribution is -2.46. The number of benzene rings is 2. The molecule has 0 aromatic heterocycles. The maximum Gasteiger partial charge on any atom is 0.303 e. The molecule has 2 aromatic carbocycles. The van der Waals surface area contributed by atoms with Crippen LogP contribution in [0, 0.1) is 5.82 Å². The number of hydrogen-bond donors (Lipinski definition) is 3. The molecule has 7 nitrogen and oxygen atoms in total. The number of likely N-dealkylation sites (N-methyl/N-ethyl adjacent to an activating group) is 1. The average molecular weight is 509 g/mol. The molecule has 3 N–H and O–H groups in total. The van der Waals surface area contributed by atoms with Gasteiger partial charge in [-0.15, -0.1) is 0 Å².